The van der Waals surface area contributed by atoms with E-state index in [1.165, 1.54) is 12.7 Å². The summed E-state index contributed by atoms with van der Waals surface area (Å²) < 4.78 is 10.1. The molecule has 0 bridgehead atoms. The molecule has 0 spiro atoms. The summed E-state index contributed by atoms with van der Waals surface area (Å²) in [7, 11) is 1.39. The molecule has 0 saturated carbocycles. The number of ether oxygens (including phenoxy) is 1. The van der Waals surface area contributed by atoms with E-state index < -0.39 is 5.97 Å². The Hall–Kier alpha value is -3.41. The Bertz CT molecular complexity index is 1110. The van der Waals surface area contributed by atoms with E-state index in [4.69, 9.17) is 9.26 Å². The highest BCUT2D eigenvalue weighted by Gasteiger charge is 2.23. The molecular weight excluding hydrogens is 370 g/mol. The summed E-state index contributed by atoms with van der Waals surface area (Å²) >= 11 is 0. The number of methoxy groups -OCH3 is 1. The van der Waals surface area contributed by atoms with Crippen molar-refractivity contribution in [3.05, 3.63) is 64.3 Å². The molecule has 29 heavy (non-hydrogen) atoms. The first-order chi connectivity index (χ1) is 14.0. The molecule has 6 nitrogen and oxygen atoms in total. The van der Waals surface area contributed by atoms with Crippen molar-refractivity contribution in [2.24, 2.45) is 0 Å². The van der Waals surface area contributed by atoms with Gasteiger partial charge in [0.25, 0.3) is 0 Å². The number of nitrogens with zero attached hydrogens (tertiary/aromatic N) is 1. The Morgan fingerprint density at radius 1 is 1.10 bits per heavy atom. The zero-order valence-electron chi connectivity index (χ0n) is 16.3. The largest absolute Gasteiger partial charge is 0.477 e. The van der Waals surface area contributed by atoms with E-state index >= 15 is 0 Å². The first-order valence-corrected chi connectivity index (χ1v) is 9.49. The number of aryl methyl sites for hydroxylation is 3. The van der Waals surface area contributed by atoms with E-state index in [9.17, 15) is 14.7 Å². The number of rotatable bonds is 4. The minimum Gasteiger partial charge on any atom is -0.477 e. The Kier molecular flexibility index (Phi) is 4.92. The van der Waals surface area contributed by atoms with Gasteiger partial charge in [0.1, 0.15) is 5.56 Å². The second kappa shape index (κ2) is 7.54. The van der Waals surface area contributed by atoms with E-state index in [0.717, 1.165) is 41.5 Å². The number of benzene rings is 2. The molecule has 0 amide bonds. The number of aromatic carboxylic acids is 1. The van der Waals surface area contributed by atoms with Gasteiger partial charge >= 0.3 is 11.9 Å². The molecule has 0 radical (unpaired) electrons. The number of hydrogen-bond acceptors (Lipinski definition) is 5. The summed E-state index contributed by atoms with van der Waals surface area (Å²) in [5, 5.41) is 13.3. The SMILES string of the molecule is COC(=O)Cc1ccc2c(c1)CCCc1cc(-c3onc(C)c3C(=O)O)ccc1-2. The zero-order chi connectivity index (χ0) is 20.5. The van der Waals surface area contributed by atoms with Crippen molar-refractivity contribution in [2.75, 3.05) is 7.11 Å². The van der Waals surface area contributed by atoms with Crippen LogP contribution >= 0.6 is 0 Å². The molecule has 2 aromatic carbocycles. The highest BCUT2D eigenvalue weighted by molar-refractivity contribution is 5.95. The van der Waals surface area contributed by atoms with Crippen LogP contribution in [0.4, 0.5) is 0 Å². The third kappa shape index (κ3) is 3.53. The standard InChI is InChI=1S/C23H21NO5/c1-13-21(23(26)27)22(29-24-13)17-7-9-19-16(12-17)5-3-4-15-10-14(6-8-18(15)19)11-20(25)28-2/h6-10,12H,3-5,11H2,1-2H3,(H,26,27). The third-order valence-electron chi connectivity index (χ3n) is 5.37. The van der Waals surface area contributed by atoms with Crippen LogP contribution in [0.25, 0.3) is 22.5 Å². The molecule has 3 aromatic rings. The molecule has 6 heteroatoms. The van der Waals surface area contributed by atoms with E-state index in [0.29, 0.717) is 11.3 Å². The van der Waals surface area contributed by atoms with Crippen molar-refractivity contribution < 1.29 is 24.0 Å². The normalized spacial score (nSPS) is 12.6. The van der Waals surface area contributed by atoms with Crippen molar-refractivity contribution in [3.8, 4) is 22.5 Å². The van der Waals surface area contributed by atoms with Crippen LogP contribution in [0.5, 0.6) is 0 Å². The minimum absolute atomic E-state index is 0.103. The van der Waals surface area contributed by atoms with Crippen LogP contribution in [0, 0.1) is 6.92 Å². The van der Waals surface area contributed by atoms with Gasteiger partial charge in [0.15, 0.2) is 5.76 Å². The lowest BCUT2D eigenvalue weighted by molar-refractivity contribution is -0.139. The van der Waals surface area contributed by atoms with Crippen LogP contribution in [0.2, 0.25) is 0 Å². The molecular formula is C23H21NO5. The molecule has 0 saturated heterocycles. The van der Waals surface area contributed by atoms with Crippen LogP contribution in [0.1, 0.15) is 39.2 Å². The number of hydrogen-bond donors (Lipinski definition) is 1. The molecule has 1 aliphatic rings. The van der Waals surface area contributed by atoms with Gasteiger partial charge in [0.05, 0.1) is 19.2 Å². The van der Waals surface area contributed by atoms with Crippen LogP contribution in [0.3, 0.4) is 0 Å². The molecule has 0 unspecified atom stereocenters. The van der Waals surface area contributed by atoms with Crippen LogP contribution in [-0.2, 0) is 28.8 Å². The number of carboxylic acids is 1. The average Bonchev–Trinajstić information content (AvgIpc) is 3.00. The smallest absolute Gasteiger partial charge is 0.341 e. The van der Waals surface area contributed by atoms with Gasteiger partial charge in [0.2, 0.25) is 0 Å². The Balaban J connectivity index is 1.75. The van der Waals surface area contributed by atoms with Gasteiger partial charge in [-0.3, -0.25) is 4.79 Å². The summed E-state index contributed by atoms with van der Waals surface area (Å²) in [6.07, 6.45) is 3.01. The molecule has 0 atom stereocenters. The quantitative estimate of drug-likeness (QED) is 0.670. The maximum absolute atomic E-state index is 11.6. The lowest BCUT2D eigenvalue weighted by atomic mass is 9.92. The monoisotopic (exact) mass is 391 g/mol. The van der Waals surface area contributed by atoms with E-state index in [-0.39, 0.29) is 23.7 Å². The zero-order valence-corrected chi connectivity index (χ0v) is 16.3. The van der Waals surface area contributed by atoms with Gasteiger partial charge in [-0.25, -0.2) is 4.79 Å². The fourth-order valence-corrected chi connectivity index (χ4v) is 3.96. The number of esters is 1. The molecule has 0 fully saturated rings. The van der Waals surface area contributed by atoms with E-state index in [2.05, 4.69) is 17.3 Å². The second-order valence-corrected chi connectivity index (χ2v) is 7.25. The van der Waals surface area contributed by atoms with Crippen molar-refractivity contribution in [2.45, 2.75) is 32.6 Å². The Morgan fingerprint density at radius 2 is 1.79 bits per heavy atom. The highest BCUT2D eigenvalue weighted by atomic mass is 16.5. The first-order valence-electron chi connectivity index (χ1n) is 9.49. The molecule has 0 aliphatic heterocycles. The Labute approximate surface area is 168 Å². The average molecular weight is 391 g/mol. The maximum Gasteiger partial charge on any atom is 0.341 e. The van der Waals surface area contributed by atoms with Gasteiger partial charge in [-0.15, -0.1) is 0 Å². The second-order valence-electron chi connectivity index (χ2n) is 7.25. The van der Waals surface area contributed by atoms with Crippen LogP contribution < -0.4 is 0 Å². The van der Waals surface area contributed by atoms with E-state index in [1.807, 2.05) is 24.3 Å². The van der Waals surface area contributed by atoms with E-state index in [1.54, 1.807) is 6.92 Å². The van der Waals surface area contributed by atoms with Gasteiger partial charge in [-0.1, -0.05) is 35.5 Å². The van der Waals surface area contributed by atoms with Gasteiger partial charge < -0.3 is 14.4 Å². The fourth-order valence-electron chi connectivity index (χ4n) is 3.96. The molecule has 1 aliphatic carbocycles. The number of aromatic nitrogens is 1. The molecule has 1 heterocycles. The Morgan fingerprint density at radius 3 is 2.48 bits per heavy atom. The molecule has 4 rings (SSSR count). The van der Waals surface area contributed by atoms with Crippen molar-refractivity contribution >= 4 is 11.9 Å². The van der Waals surface area contributed by atoms with Crippen molar-refractivity contribution in [3.63, 3.8) is 0 Å². The molecule has 1 N–H and O–H groups in total. The van der Waals surface area contributed by atoms with Crippen molar-refractivity contribution in [1.82, 2.24) is 5.16 Å². The fraction of sp³-hybridized carbons (Fsp3) is 0.261. The summed E-state index contributed by atoms with van der Waals surface area (Å²) in [6, 6.07) is 12.0. The minimum atomic E-state index is -1.04. The lowest BCUT2D eigenvalue weighted by Crippen LogP contribution is -2.05. The van der Waals surface area contributed by atoms with Crippen LogP contribution in [0.15, 0.2) is 40.9 Å². The number of carbonyl (C=O) groups excluding carboxylic acids is 1. The predicted molar refractivity (Wildman–Crippen MR) is 107 cm³/mol. The molecule has 1 aromatic heterocycles. The first kappa shape index (κ1) is 18.9. The third-order valence-corrected chi connectivity index (χ3v) is 5.37. The van der Waals surface area contributed by atoms with Crippen molar-refractivity contribution in [1.29, 1.82) is 0 Å². The summed E-state index contributed by atoms with van der Waals surface area (Å²) in [6.45, 7) is 1.63. The lowest BCUT2D eigenvalue weighted by Gasteiger charge is -2.12. The predicted octanol–water partition coefficient (Wildman–Crippen LogP) is 4.22. The van der Waals surface area contributed by atoms with Gasteiger partial charge in [-0.05, 0) is 60.1 Å². The highest BCUT2D eigenvalue weighted by Crippen LogP contribution is 2.36. The van der Waals surface area contributed by atoms with Gasteiger partial charge in [-0.2, -0.15) is 0 Å². The number of carbonyl (C=O) groups is 2. The maximum atomic E-state index is 11.6. The summed E-state index contributed by atoms with van der Waals surface area (Å²) in [4.78, 5) is 23.2. The number of fused-ring (bicyclic) bond motifs is 3. The van der Waals surface area contributed by atoms with Gasteiger partial charge in [0, 0.05) is 5.56 Å². The van der Waals surface area contributed by atoms with Crippen LogP contribution in [-0.4, -0.2) is 29.3 Å². The summed E-state index contributed by atoms with van der Waals surface area (Å²) in [5.41, 5.74) is 6.75. The summed E-state index contributed by atoms with van der Waals surface area (Å²) in [5.74, 6) is -1.01. The topological polar surface area (TPSA) is 89.6 Å². The number of carboxylic acid groups (broad SMARTS) is 1. The molecule has 148 valence electrons.